The van der Waals surface area contributed by atoms with E-state index < -0.39 is 9.84 Å². The molecule has 2 heterocycles. The van der Waals surface area contributed by atoms with Crippen molar-refractivity contribution in [1.29, 1.82) is 0 Å². The van der Waals surface area contributed by atoms with E-state index in [2.05, 4.69) is 23.2 Å². The van der Waals surface area contributed by atoms with E-state index in [1.54, 1.807) is 0 Å². The second-order valence-electron chi connectivity index (χ2n) is 5.19. The second-order valence-corrected chi connectivity index (χ2v) is 7.41. The fourth-order valence-electron chi connectivity index (χ4n) is 2.91. The van der Waals surface area contributed by atoms with Gasteiger partial charge in [0, 0.05) is 11.7 Å². The molecule has 1 saturated heterocycles. The third-order valence-electron chi connectivity index (χ3n) is 3.74. The molecule has 2 aromatic rings. The van der Waals surface area contributed by atoms with Gasteiger partial charge in [0.05, 0.1) is 11.5 Å². The molecule has 1 aliphatic rings. The number of benzene rings is 1. The molecule has 0 amide bonds. The highest BCUT2D eigenvalue weighted by molar-refractivity contribution is 7.91. The van der Waals surface area contributed by atoms with Crippen molar-refractivity contribution in [3.8, 4) is 0 Å². The van der Waals surface area contributed by atoms with Crippen molar-refractivity contribution in [2.45, 2.75) is 19.3 Å². The van der Waals surface area contributed by atoms with Gasteiger partial charge < -0.3 is 4.98 Å². The molecule has 4 heteroatoms. The molecule has 18 heavy (non-hydrogen) atoms. The highest BCUT2D eigenvalue weighted by Gasteiger charge is 2.25. The average Bonchev–Trinajstić information content (AvgIpc) is 2.77. The van der Waals surface area contributed by atoms with Gasteiger partial charge in [-0.25, -0.2) is 8.42 Å². The predicted octanol–water partition coefficient (Wildman–Crippen LogP) is 2.54. The Labute approximate surface area is 107 Å². The normalized spacial score (nSPS) is 23.2. The van der Waals surface area contributed by atoms with E-state index in [0.29, 0.717) is 11.5 Å². The fraction of sp³-hybridized carbons (Fsp3) is 0.429. The summed E-state index contributed by atoms with van der Waals surface area (Å²) in [5.41, 5.74) is 2.39. The molecular formula is C14H17NO2S. The van der Waals surface area contributed by atoms with Crippen LogP contribution in [0.5, 0.6) is 0 Å². The van der Waals surface area contributed by atoms with Crippen LogP contribution in [-0.4, -0.2) is 24.9 Å². The van der Waals surface area contributed by atoms with Crippen molar-refractivity contribution in [3.63, 3.8) is 0 Å². The van der Waals surface area contributed by atoms with Crippen LogP contribution in [0.3, 0.4) is 0 Å². The zero-order chi connectivity index (χ0) is 12.6. The number of aromatic nitrogens is 1. The van der Waals surface area contributed by atoms with Gasteiger partial charge in [-0.1, -0.05) is 18.2 Å². The van der Waals surface area contributed by atoms with Gasteiger partial charge in [-0.05, 0) is 42.2 Å². The van der Waals surface area contributed by atoms with Crippen LogP contribution >= 0.6 is 0 Å². The Morgan fingerprint density at radius 3 is 3.00 bits per heavy atom. The molecule has 0 radical (unpaired) electrons. The first-order chi connectivity index (χ1) is 8.64. The van der Waals surface area contributed by atoms with Crippen molar-refractivity contribution < 1.29 is 8.42 Å². The third-order valence-corrected chi connectivity index (χ3v) is 5.63. The first kappa shape index (κ1) is 11.8. The second kappa shape index (κ2) is 4.43. The summed E-state index contributed by atoms with van der Waals surface area (Å²) in [6.45, 7) is 0. The van der Waals surface area contributed by atoms with Crippen LogP contribution in [-0.2, 0) is 16.3 Å². The molecule has 0 bridgehead atoms. The van der Waals surface area contributed by atoms with Crippen molar-refractivity contribution >= 4 is 20.7 Å². The zero-order valence-electron chi connectivity index (χ0n) is 10.2. The number of aromatic amines is 1. The van der Waals surface area contributed by atoms with Gasteiger partial charge in [-0.3, -0.25) is 0 Å². The summed E-state index contributed by atoms with van der Waals surface area (Å²) >= 11 is 0. The minimum Gasteiger partial charge on any atom is -0.361 e. The van der Waals surface area contributed by atoms with Crippen LogP contribution in [0.2, 0.25) is 0 Å². The van der Waals surface area contributed by atoms with Crippen molar-refractivity contribution in [2.24, 2.45) is 5.92 Å². The highest BCUT2D eigenvalue weighted by atomic mass is 32.2. The van der Waals surface area contributed by atoms with Crippen LogP contribution in [0.4, 0.5) is 0 Å². The molecular weight excluding hydrogens is 246 g/mol. The molecule has 0 unspecified atom stereocenters. The van der Waals surface area contributed by atoms with Gasteiger partial charge in [0.15, 0.2) is 9.84 Å². The first-order valence-corrected chi connectivity index (χ1v) is 8.22. The summed E-state index contributed by atoms with van der Waals surface area (Å²) < 4.78 is 23.3. The lowest BCUT2D eigenvalue weighted by Gasteiger charge is -2.22. The van der Waals surface area contributed by atoms with Crippen LogP contribution in [0.15, 0.2) is 30.5 Å². The van der Waals surface area contributed by atoms with E-state index >= 15 is 0 Å². The zero-order valence-corrected chi connectivity index (χ0v) is 11.0. The summed E-state index contributed by atoms with van der Waals surface area (Å²) in [6.07, 6.45) is 4.63. The minimum atomic E-state index is -2.80. The summed E-state index contributed by atoms with van der Waals surface area (Å²) in [4.78, 5) is 3.25. The molecule has 1 N–H and O–H groups in total. The molecule has 1 atom stereocenters. The third kappa shape index (κ3) is 2.29. The molecule has 96 valence electrons. The van der Waals surface area contributed by atoms with Crippen LogP contribution in [0, 0.1) is 5.92 Å². The van der Waals surface area contributed by atoms with Gasteiger partial charge in [0.1, 0.15) is 0 Å². The maximum absolute atomic E-state index is 11.7. The molecule has 0 spiro atoms. The smallest absolute Gasteiger partial charge is 0.150 e. The topological polar surface area (TPSA) is 49.9 Å². The Hall–Kier alpha value is -1.29. The quantitative estimate of drug-likeness (QED) is 0.905. The fourth-order valence-corrected chi connectivity index (χ4v) is 4.69. The summed E-state index contributed by atoms with van der Waals surface area (Å²) in [5.74, 6) is 0.998. The summed E-state index contributed by atoms with van der Waals surface area (Å²) in [7, 11) is -2.80. The Bertz CT molecular complexity index is 657. The largest absolute Gasteiger partial charge is 0.361 e. The molecule has 1 aliphatic heterocycles. The first-order valence-electron chi connectivity index (χ1n) is 6.39. The number of nitrogens with one attached hydrogen (secondary N) is 1. The van der Waals surface area contributed by atoms with Gasteiger partial charge in [0.2, 0.25) is 0 Å². The lowest BCUT2D eigenvalue weighted by Crippen LogP contribution is -2.26. The number of rotatable bonds is 2. The van der Waals surface area contributed by atoms with Gasteiger partial charge in [0.25, 0.3) is 0 Å². The molecule has 0 saturated carbocycles. The van der Waals surface area contributed by atoms with Crippen LogP contribution in [0.25, 0.3) is 10.9 Å². The molecule has 3 rings (SSSR count). The minimum absolute atomic E-state index is 0.276. The Balaban J connectivity index is 1.86. The van der Waals surface area contributed by atoms with E-state index in [4.69, 9.17) is 0 Å². The monoisotopic (exact) mass is 263 g/mol. The number of H-pyrrole nitrogens is 1. The Kier molecular flexibility index (Phi) is 2.90. The molecule has 3 nitrogen and oxygen atoms in total. The lowest BCUT2D eigenvalue weighted by molar-refractivity contribution is 0.484. The highest BCUT2D eigenvalue weighted by Crippen LogP contribution is 2.25. The molecule has 1 fully saturated rings. The van der Waals surface area contributed by atoms with Crippen LogP contribution < -0.4 is 0 Å². The average molecular weight is 263 g/mol. The van der Waals surface area contributed by atoms with Gasteiger partial charge in [-0.15, -0.1) is 0 Å². The van der Waals surface area contributed by atoms with Crippen LogP contribution in [0.1, 0.15) is 18.4 Å². The van der Waals surface area contributed by atoms with E-state index in [-0.39, 0.29) is 5.92 Å². The summed E-state index contributed by atoms with van der Waals surface area (Å²) in [5, 5.41) is 1.20. The molecule has 1 aromatic carbocycles. The predicted molar refractivity (Wildman–Crippen MR) is 73.4 cm³/mol. The Morgan fingerprint density at radius 2 is 2.17 bits per heavy atom. The number of para-hydroxylation sites is 1. The standard InChI is InChI=1S/C14H17NO2S/c16-18(17)8-2-3-11(10-18)9-13-5-1-4-12-6-7-15-14(12)13/h1,4-7,11,15H,2-3,8-10H2/t11-/m0/s1. The number of fused-ring (bicyclic) bond motifs is 1. The molecule has 0 aliphatic carbocycles. The summed E-state index contributed by atoms with van der Waals surface area (Å²) in [6, 6.07) is 8.27. The number of sulfone groups is 1. The van der Waals surface area contributed by atoms with E-state index in [1.165, 1.54) is 10.9 Å². The lowest BCUT2D eigenvalue weighted by atomic mass is 9.95. The SMILES string of the molecule is O=S1(=O)CCC[C@@H](Cc2cccc3cc[nH]c23)C1. The maximum atomic E-state index is 11.7. The number of hydrogen-bond acceptors (Lipinski definition) is 2. The maximum Gasteiger partial charge on any atom is 0.150 e. The van der Waals surface area contributed by atoms with E-state index in [0.717, 1.165) is 24.8 Å². The van der Waals surface area contributed by atoms with Crippen molar-refractivity contribution in [1.82, 2.24) is 4.98 Å². The van der Waals surface area contributed by atoms with Gasteiger partial charge >= 0.3 is 0 Å². The van der Waals surface area contributed by atoms with Crippen molar-refractivity contribution in [2.75, 3.05) is 11.5 Å². The number of hydrogen-bond donors (Lipinski definition) is 1. The van der Waals surface area contributed by atoms with Gasteiger partial charge in [-0.2, -0.15) is 0 Å². The molecule has 1 aromatic heterocycles. The van der Waals surface area contributed by atoms with E-state index in [9.17, 15) is 8.42 Å². The Morgan fingerprint density at radius 1 is 1.28 bits per heavy atom. The van der Waals surface area contributed by atoms with Crippen molar-refractivity contribution in [3.05, 3.63) is 36.0 Å². The van der Waals surface area contributed by atoms with E-state index in [1.807, 2.05) is 12.3 Å².